The lowest BCUT2D eigenvalue weighted by Gasteiger charge is -2.17. The van der Waals surface area contributed by atoms with Crippen molar-refractivity contribution in [1.82, 2.24) is 5.32 Å². The van der Waals surface area contributed by atoms with E-state index >= 15 is 0 Å². The summed E-state index contributed by atoms with van der Waals surface area (Å²) in [6.07, 6.45) is 1.27. The van der Waals surface area contributed by atoms with Gasteiger partial charge in [0.1, 0.15) is 9.84 Å². The second-order valence-electron chi connectivity index (χ2n) is 4.26. The summed E-state index contributed by atoms with van der Waals surface area (Å²) >= 11 is 0. The first-order chi connectivity index (χ1) is 8.33. The molecule has 0 aromatic heterocycles. The largest absolute Gasteiger partial charge is 0.313 e. The van der Waals surface area contributed by atoms with Gasteiger partial charge in [0.05, 0.1) is 5.75 Å². The number of rotatable bonds is 6. The average molecular weight is 277 g/mol. The van der Waals surface area contributed by atoms with Gasteiger partial charge in [-0.2, -0.15) is 0 Å². The van der Waals surface area contributed by atoms with Crippen LogP contribution in [-0.4, -0.2) is 33.0 Å². The molecule has 1 N–H and O–H groups in total. The quantitative estimate of drug-likeness (QED) is 0.857. The van der Waals surface area contributed by atoms with Crippen molar-refractivity contribution in [3.63, 3.8) is 0 Å². The number of benzene rings is 1. The summed E-state index contributed by atoms with van der Waals surface area (Å²) in [6.45, 7) is 2.40. The van der Waals surface area contributed by atoms with Crippen molar-refractivity contribution in [2.75, 3.05) is 18.6 Å². The molecule has 0 saturated carbocycles. The van der Waals surface area contributed by atoms with Crippen molar-refractivity contribution in [3.05, 3.63) is 35.4 Å². The van der Waals surface area contributed by atoms with Gasteiger partial charge in [-0.15, -0.1) is 0 Å². The topological polar surface area (TPSA) is 46.2 Å². The molecule has 102 valence electrons. The zero-order valence-corrected chi connectivity index (χ0v) is 11.2. The summed E-state index contributed by atoms with van der Waals surface area (Å²) in [5.74, 6) is -1.92. The predicted octanol–water partition coefficient (Wildman–Crippen LogP) is 1.53. The van der Waals surface area contributed by atoms with Gasteiger partial charge in [-0.05, 0) is 24.6 Å². The van der Waals surface area contributed by atoms with Gasteiger partial charge in [0.25, 0.3) is 0 Å². The predicted molar refractivity (Wildman–Crippen MR) is 67.2 cm³/mol. The zero-order chi connectivity index (χ0) is 13.8. The molecule has 0 aliphatic heterocycles. The summed E-state index contributed by atoms with van der Waals surface area (Å²) in [6, 6.07) is 3.50. The molecular formula is C12H17F2NO2S. The fourth-order valence-corrected chi connectivity index (χ4v) is 2.78. The lowest BCUT2D eigenvalue weighted by atomic mass is 10.1. The standard InChI is InChI=1S/C12H17F2NO2S/c1-3-15-10(8-18(2,16)17)7-9-5-4-6-11(13)12(9)14/h4-6,10,15H,3,7-8H2,1-2H3. The van der Waals surface area contributed by atoms with Crippen LogP contribution in [0.25, 0.3) is 0 Å². The fourth-order valence-electron chi connectivity index (χ4n) is 1.82. The third-order valence-corrected chi connectivity index (χ3v) is 3.50. The Balaban J connectivity index is 2.86. The van der Waals surface area contributed by atoms with E-state index in [1.54, 1.807) is 0 Å². The molecule has 0 fully saturated rings. The van der Waals surface area contributed by atoms with E-state index in [0.29, 0.717) is 6.54 Å². The average Bonchev–Trinajstić information content (AvgIpc) is 2.23. The molecule has 1 atom stereocenters. The van der Waals surface area contributed by atoms with Gasteiger partial charge in [-0.25, -0.2) is 17.2 Å². The molecule has 0 amide bonds. The number of likely N-dealkylation sites (N-methyl/N-ethyl adjacent to an activating group) is 1. The lowest BCUT2D eigenvalue weighted by Crippen LogP contribution is -2.37. The second kappa shape index (κ2) is 6.24. The molecule has 1 rings (SSSR count). The third kappa shape index (κ3) is 4.70. The Hall–Kier alpha value is -1.01. The van der Waals surface area contributed by atoms with Crippen LogP contribution in [-0.2, 0) is 16.3 Å². The van der Waals surface area contributed by atoms with Crippen LogP contribution in [0.2, 0.25) is 0 Å². The van der Waals surface area contributed by atoms with Gasteiger partial charge in [0.15, 0.2) is 11.6 Å². The second-order valence-corrected chi connectivity index (χ2v) is 6.45. The van der Waals surface area contributed by atoms with Crippen molar-refractivity contribution >= 4 is 9.84 Å². The highest BCUT2D eigenvalue weighted by Crippen LogP contribution is 2.14. The molecule has 1 aromatic carbocycles. The first-order valence-corrected chi connectivity index (χ1v) is 7.73. The zero-order valence-electron chi connectivity index (χ0n) is 10.4. The Morgan fingerprint density at radius 3 is 2.56 bits per heavy atom. The van der Waals surface area contributed by atoms with E-state index in [-0.39, 0.29) is 17.7 Å². The van der Waals surface area contributed by atoms with E-state index in [1.807, 2.05) is 6.92 Å². The molecule has 0 saturated heterocycles. The molecule has 3 nitrogen and oxygen atoms in total. The van der Waals surface area contributed by atoms with Gasteiger partial charge in [0.2, 0.25) is 0 Å². The van der Waals surface area contributed by atoms with Crippen molar-refractivity contribution in [2.24, 2.45) is 0 Å². The van der Waals surface area contributed by atoms with E-state index in [0.717, 1.165) is 12.3 Å². The highest BCUT2D eigenvalue weighted by Gasteiger charge is 2.17. The maximum absolute atomic E-state index is 13.5. The van der Waals surface area contributed by atoms with Crippen molar-refractivity contribution in [1.29, 1.82) is 0 Å². The van der Waals surface area contributed by atoms with E-state index in [1.165, 1.54) is 12.1 Å². The number of nitrogens with one attached hydrogen (secondary N) is 1. The first-order valence-electron chi connectivity index (χ1n) is 5.67. The summed E-state index contributed by atoms with van der Waals surface area (Å²) < 4.78 is 49.0. The summed E-state index contributed by atoms with van der Waals surface area (Å²) in [5.41, 5.74) is 0.185. The number of sulfone groups is 1. The molecule has 0 bridgehead atoms. The lowest BCUT2D eigenvalue weighted by molar-refractivity contribution is 0.483. The summed E-state index contributed by atoms with van der Waals surface area (Å²) in [7, 11) is -3.17. The van der Waals surface area contributed by atoms with Crippen molar-refractivity contribution in [2.45, 2.75) is 19.4 Å². The van der Waals surface area contributed by atoms with E-state index in [4.69, 9.17) is 0 Å². The van der Waals surface area contributed by atoms with Gasteiger partial charge in [-0.1, -0.05) is 19.1 Å². The molecular weight excluding hydrogens is 260 g/mol. The fraction of sp³-hybridized carbons (Fsp3) is 0.500. The molecule has 18 heavy (non-hydrogen) atoms. The number of hydrogen-bond donors (Lipinski definition) is 1. The number of hydrogen-bond acceptors (Lipinski definition) is 3. The van der Waals surface area contributed by atoms with Gasteiger partial charge in [-0.3, -0.25) is 0 Å². The van der Waals surface area contributed by atoms with Crippen LogP contribution in [0, 0.1) is 11.6 Å². The highest BCUT2D eigenvalue weighted by molar-refractivity contribution is 7.90. The van der Waals surface area contributed by atoms with Crippen molar-refractivity contribution in [3.8, 4) is 0 Å². The van der Waals surface area contributed by atoms with Crippen LogP contribution in [0.4, 0.5) is 8.78 Å². The van der Waals surface area contributed by atoms with E-state index < -0.39 is 27.5 Å². The van der Waals surface area contributed by atoms with E-state index in [2.05, 4.69) is 5.32 Å². The Morgan fingerprint density at radius 1 is 1.33 bits per heavy atom. The Labute approximate surface area is 106 Å². The van der Waals surface area contributed by atoms with Gasteiger partial charge >= 0.3 is 0 Å². The van der Waals surface area contributed by atoms with Gasteiger partial charge in [0, 0.05) is 12.3 Å². The molecule has 0 aliphatic rings. The van der Waals surface area contributed by atoms with Crippen molar-refractivity contribution < 1.29 is 17.2 Å². The molecule has 1 aromatic rings. The molecule has 0 heterocycles. The molecule has 0 spiro atoms. The molecule has 0 aliphatic carbocycles. The normalized spacial score (nSPS) is 13.6. The minimum Gasteiger partial charge on any atom is -0.313 e. The van der Waals surface area contributed by atoms with Gasteiger partial charge < -0.3 is 5.32 Å². The third-order valence-electron chi connectivity index (χ3n) is 2.49. The smallest absolute Gasteiger partial charge is 0.162 e. The summed E-state index contributed by atoms with van der Waals surface area (Å²) in [5, 5.41) is 2.97. The first kappa shape index (κ1) is 15.0. The molecule has 1 unspecified atom stereocenters. The highest BCUT2D eigenvalue weighted by atomic mass is 32.2. The SMILES string of the molecule is CCNC(Cc1cccc(F)c1F)CS(C)(=O)=O. The monoisotopic (exact) mass is 277 g/mol. The minimum absolute atomic E-state index is 0.100. The number of halogens is 2. The maximum Gasteiger partial charge on any atom is 0.162 e. The van der Waals surface area contributed by atoms with Crippen LogP contribution >= 0.6 is 0 Å². The van der Waals surface area contributed by atoms with Crippen LogP contribution in [0.5, 0.6) is 0 Å². The van der Waals surface area contributed by atoms with Crippen LogP contribution in [0.3, 0.4) is 0 Å². The van der Waals surface area contributed by atoms with Crippen LogP contribution in [0.15, 0.2) is 18.2 Å². The Kier molecular flexibility index (Phi) is 5.22. The maximum atomic E-state index is 13.5. The molecule has 6 heteroatoms. The summed E-state index contributed by atoms with van der Waals surface area (Å²) in [4.78, 5) is 0. The van der Waals surface area contributed by atoms with Crippen LogP contribution < -0.4 is 5.32 Å². The van der Waals surface area contributed by atoms with Crippen LogP contribution in [0.1, 0.15) is 12.5 Å². The minimum atomic E-state index is -3.17. The Bertz CT molecular complexity index is 503. The van der Waals surface area contributed by atoms with E-state index in [9.17, 15) is 17.2 Å². The Morgan fingerprint density at radius 2 is 2.00 bits per heavy atom. The molecule has 0 radical (unpaired) electrons.